The maximum absolute atomic E-state index is 12.5. The summed E-state index contributed by atoms with van der Waals surface area (Å²) in [5.41, 5.74) is 4.21. The van der Waals surface area contributed by atoms with E-state index in [1.807, 2.05) is 12.1 Å². The quantitative estimate of drug-likeness (QED) is 0.245. The highest BCUT2D eigenvalue weighted by Crippen LogP contribution is 2.23. The first-order valence-electron chi connectivity index (χ1n) is 8.75. The van der Waals surface area contributed by atoms with Crippen molar-refractivity contribution in [2.45, 2.75) is 59.3 Å². The molecule has 0 bridgehead atoms. The van der Waals surface area contributed by atoms with Gasteiger partial charge in [0.2, 0.25) is 0 Å². The van der Waals surface area contributed by atoms with Crippen molar-refractivity contribution in [1.82, 2.24) is 0 Å². The van der Waals surface area contributed by atoms with Gasteiger partial charge in [0, 0.05) is 0 Å². The molecule has 0 aliphatic heterocycles. The molecule has 132 valence electrons. The van der Waals surface area contributed by atoms with Crippen LogP contribution in [0.5, 0.6) is 0 Å². The van der Waals surface area contributed by atoms with Crippen LogP contribution in [-0.4, -0.2) is 5.04 Å². The molecule has 0 N–H and O–H groups in total. The smallest absolute Gasteiger partial charge is 0.104 e. The molecular weight excluding hydrogens is 317 g/mol. The average Bonchev–Trinajstić information content (AvgIpc) is 2.58. The molecule has 1 unspecified atom stereocenters. The maximum Gasteiger partial charge on any atom is 0.104 e. The molecular formula is C21H30FNS. The van der Waals surface area contributed by atoms with Crippen LogP contribution in [0, 0.1) is 12.8 Å². The number of hydrogen-bond donors (Lipinski definition) is 0. The van der Waals surface area contributed by atoms with Gasteiger partial charge < -0.3 is 0 Å². The molecule has 0 aromatic heterocycles. The summed E-state index contributed by atoms with van der Waals surface area (Å²) in [5, 5.41) is 0.381. The minimum atomic E-state index is 0.160. The van der Waals surface area contributed by atoms with E-state index >= 15 is 0 Å². The summed E-state index contributed by atoms with van der Waals surface area (Å²) in [7, 11) is 0. The first kappa shape index (κ1) is 20.7. The number of benzene rings is 1. The van der Waals surface area contributed by atoms with Crippen LogP contribution in [0.4, 0.5) is 3.89 Å². The van der Waals surface area contributed by atoms with Crippen molar-refractivity contribution < 1.29 is 3.89 Å². The molecule has 1 atom stereocenters. The van der Waals surface area contributed by atoms with Crippen LogP contribution in [0.2, 0.25) is 0 Å². The molecule has 3 heteroatoms. The van der Waals surface area contributed by atoms with E-state index in [-0.39, 0.29) is 12.1 Å². The van der Waals surface area contributed by atoms with E-state index in [2.05, 4.69) is 44.1 Å². The fourth-order valence-electron chi connectivity index (χ4n) is 2.92. The molecule has 0 amide bonds. The summed E-state index contributed by atoms with van der Waals surface area (Å²) >= 11 is 0.160. The Balaban J connectivity index is 2.62. The highest BCUT2D eigenvalue weighted by molar-refractivity contribution is 8.09. The van der Waals surface area contributed by atoms with E-state index in [4.69, 9.17) is 0 Å². The standard InChI is InChI=1S/C21H30FNS/c1-6-8-10-19(7-2)11-9-12-20-13-14-21(15-16(20)3)17(4)23-18(5)24-22/h6,13-15,19H,1,4,7-12H2,2-3,5H3. The Morgan fingerprint density at radius 3 is 2.71 bits per heavy atom. The highest BCUT2D eigenvalue weighted by Gasteiger charge is 2.07. The molecule has 0 spiro atoms. The number of aliphatic imine (C=N–C) groups is 1. The summed E-state index contributed by atoms with van der Waals surface area (Å²) in [6.07, 6.45) is 9.22. The van der Waals surface area contributed by atoms with Gasteiger partial charge in [-0.25, -0.2) is 4.99 Å². The van der Waals surface area contributed by atoms with Gasteiger partial charge >= 0.3 is 0 Å². The fourth-order valence-corrected chi connectivity index (χ4v) is 3.06. The molecule has 0 aliphatic rings. The predicted molar refractivity (Wildman–Crippen MR) is 108 cm³/mol. The molecule has 0 aliphatic carbocycles. The number of aryl methyl sites for hydroxylation is 2. The van der Waals surface area contributed by atoms with Crippen LogP contribution < -0.4 is 0 Å². The Morgan fingerprint density at radius 1 is 1.38 bits per heavy atom. The topological polar surface area (TPSA) is 12.4 Å². The number of rotatable bonds is 10. The van der Waals surface area contributed by atoms with Crippen molar-refractivity contribution in [1.29, 1.82) is 0 Å². The van der Waals surface area contributed by atoms with Crippen LogP contribution in [0.3, 0.4) is 0 Å². The Bertz CT molecular complexity index is 577. The van der Waals surface area contributed by atoms with Crippen LogP contribution in [0.15, 0.2) is 42.4 Å². The SMILES string of the molecule is C=CCCC(CC)CCCc1ccc(C(=C)N=C(C)SF)cc1C. The molecule has 1 aromatic rings. The lowest BCUT2D eigenvalue weighted by Crippen LogP contribution is -2.00. The zero-order valence-corrected chi connectivity index (χ0v) is 16.1. The first-order chi connectivity index (χ1) is 11.5. The van der Waals surface area contributed by atoms with Crippen molar-refractivity contribution in [3.63, 3.8) is 0 Å². The van der Waals surface area contributed by atoms with Crippen LogP contribution in [-0.2, 0) is 6.42 Å². The largest absolute Gasteiger partial charge is 0.244 e. The van der Waals surface area contributed by atoms with Gasteiger partial charge in [-0.1, -0.05) is 44.6 Å². The lowest BCUT2D eigenvalue weighted by Gasteiger charge is -2.14. The van der Waals surface area contributed by atoms with Gasteiger partial charge in [-0.05, 0) is 68.2 Å². The van der Waals surface area contributed by atoms with Gasteiger partial charge in [0.05, 0.1) is 17.8 Å². The third kappa shape index (κ3) is 7.04. The Labute approximate surface area is 151 Å². The predicted octanol–water partition coefficient (Wildman–Crippen LogP) is 7.32. The lowest BCUT2D eigenvalue weighted by molar-refractivity contribution is 0.427. The zero-order chi connectivity index (χ0) is 17.9. The summed E-state index contributed by atoms with van der Waals surface area (Å²) in [6.45, 7) is 13.8. The molecule has 24 heavy (non-hydrogen) atoms. The Morgan fingerprint density at radius 2 is 2.12 bits per heavy atom. The molecule has 0 heterocycles. The van der Waals surface area contributed by atoms with Crippen LogP contribution >= 0.6 is 12.1 Å². The Hall–Kier alpha value is -1.35. The first-order valence-corrected chi connectivity index (χ1v) is 9.47. The highest BCUT2D eigenvalue weighted by atomic mass is 32.2. The second-order valence-electron chi connectivity index (χ2n) is 6.33. The molecule has 0 saturated heterocycles. The van der Waals surface area contributed by atoms with E-state index in [1.54, 1.807) is 6.92 Å². The van der Waals surface area contributed by atoms with E-state index in [9.17, 15) is 3.89 Å². The lowest BCUT2D eigenvalue weighted by atomic mass is 9.92. The van der Waals surface area contributed by atoms with Crippen LogP contribution in [0.25, 0.3) is 5.70 Å². The number of nitrogens with zero attached hydrogens (tertiary/aromatic N) is 1. The minimum absolute atomic E-state index is 0.160. The summed E-state index contributed by atoms with van der Waals surface area (Å²) in [4.78, 5) is 4.16. The summed E-state index contributed by atoms with van der Waals surface area (Å²) in [5.74, 6) is 0.804. The van der Waals surface area contributed by atoms with E-state index in [0.29, 0.717) is 10.7 Å². The maximum atomic E-state index is 12.5. The van der Waals surface area contributed by atoms with Gasteiger partial charge in [-0.2, -0.15) is 3.89 Å². The number of hydrogen-bond acceptors (Lipinski definition) is 2. The number of allylic oxidation sites excluding steroid dienone is 1. The molecule has 0 radical (unpaired) electrons. The molecule has 0 fully saturated rings. The van der Waals surface area contributed by atoms with Crippen molar-refractivity contribution in [2.75, 3.05) is 0 Å². The second-order valence-corrected chi connectivity index (χ2v) is 7.07. The van der Waals surface area contributed by atoms with Crippen molar-refractivity contribution in [2.24, 2.45) is 10.9 Å². The van der Waals surface area contributed by atoms with Crippen molar-refractivity contribution in [3.05, 3.63) is 54.1 Å². The van der Waals surface area contributed by atoms with E-state index < -0.39 is 0 Å². The molecule has 1 rings (SSSR count). The third-order valence-corrected chi connectivity index (χ3v) is 4.81. The summed E-state index contributed by atoms with van der Waals surface area (Å²) in [6, 6.07) is 6.31. The van der Waals surface area contributed by atoms with Crippen molar-refractivity contribution in [3.8, 4) is 0 Å². The number of halogens is 1. The van der Waals surface area contributed by atoms with Crippen molar-refractivity contribution >= 4 is 22.9 Å². The summed E-state index contributed by atoms with van der Waals surface area (Å²) < 4.78 is 12.5. The van der Waals surface area contributed by atoms with Gasteiger partial charge in [0.15, 0.2) is 0 Å². The van der Waals surface area contributed by atoms with Gasteiger partial charge in [-0.3, -0.25) is 0 Å². The molecule has 1 nitrogen and oxygen atoms in total. The molecule has 0 saturated carbocycles. The molecule has 1 aromatic carbocycles. The third-order valence-electron chi connectivity index (χ3n) is 4.49. The average molecular weight is 348 g/mol. The van der Waals surface area contributed by atoms with Crippen LogP contribution in [0.1, 0.15) is 62.6 Å². The monoisotopic (exact) mass is 347 g/mol. The zero-order valence-electron chi connectivity index (χ0n) is 15.3. The minimum Gasteiger partial charge on any atom is -0.244 e. The van der Waals surface area contributed by atoms with E-state index in [1.165, 1.54) is 36.8 Å². The van der Waals surface area contributed by atoms with Gasteiger partial charge in [0.1, 0.15) is 5.04 Å². The normalized spacial score (nSPS) is 12.9. The fraction of sp³-hybridized carbons (Fsp3) is 0.476. The van der Waals surface area contributed by atoms with Gasteiger partial charge in [-0.15, -0.1) is 6.58 Å². The van der Waals surface area contributed by atoms with Gasteiger partial charge in [0.25, 0.3) is 0 Å². The second kappa shape index (κ2) is 11.2. The van der Waals surface area contributed by atoms with E-state index in [0.717, 1.165) is 24.3 Å². The Kier molecular flexibility index (Phi) is 9.70.